The van der Waals surface area contributed by atoms with Gasteiger partial charge in [-0.3, -0.25) is 4.79 Å². The van der Waals surface area contributed by atoms with Crippen LogP contribution in [0, 0.1) is 0 Å². The highest BCUT2D eigenvalue weighted by molar-refractivity contribution is 6.29. The summed E-state index contributed by atoms with van der Waals surface area (Å²) >= 11 is 5.88. The smallest absolute Gasteiger partial charge is 0.251 e. The van der Waals surface area contributed by atoms with Crippen LogP contribution in [-0.2, 0) is 0 Å². The number of hydrogen-bond acceptors (Lipinski definition) is 4. The van der Waals surface area contributed by atoms with Crippen molar-refractivity contribution in [3.05, 3.63) is 22.8 Å². The number of rotatable bonds is 6. The van der Waals surface area contributed by atoms with Crippen LogP contribution < -0.4 is 10.6 Å². The van der Waals surface area contributed by atoms with Crippen LogP contribution in [0.15, 0.2) is 12.1 Å². The largest absolute Gasteiger partial charge is 0.373 e. The summed E-state index contributed by atoms with van der Waals surface area (Å²) in [5.74, 6) is 0.493. The first kappa shape index (κ1) is 15.1. The average Bonchev–Trinajstić information content (AvgIpc) is 2.95. The number of likely N-dealkylation sites (tertiary alicyclic amines) is 1. The summed E-state index contributed by atoms with van der Waals surface area (Å²) in [4.78, 5) is 18.5. The Morgan fingerprint density at radius 1 is 1.40 bits per heavy atom. The van der Waals surface area contributed by atoms with Gasteiger partial charge < -0.3 is 15.5 Å². The second-order valence-electron chi connectivity index (χ2n) is 4.97. The predicted molar refractivity (Wildman–Crippen MR) is 81.4 cm³/mol. The van der Waals surface area contributed by atoms with Gasteiger partial charge in [0.15, 0.2) is 0 Å². The maximum absolute atomic E-state index is 12.0. The molecule has 0 radical (unpaired) electrons. The molecule has 0 atom stereocenters. The Morgan fingerprint density at radius 3 is 2.85 bits per heavy atom. The summed E-state index contributed by atoms with van der Waals surface area (Å²) in [6, 6.07) is 3.28. The van der Waals surface area contributed by atoms with Crippen molar-refractivity contribution in [1.82, 2.24) is 15.2 Å². The van der Waals surface area contributed by atoms with Gasteiger partial charge in [0.2, 0.25) is 0 Å². The maximum Gasteiger partial charge on any atom is 0.251 e. The molecule has 1 saturated heterocycles. The lowest BCUT2D eigenvalue weighted by Crippen LogP contribution is -2.28. The normalized spacial score (nSPS) is 15.3. The van der Waals surface area contributed by atoms with Crippen molar-refractivity contribution in [2.24, 2.45) is 0 Å². The maximum atomic E-state index is 12.0. The minimum Gasteiger partial charge on any atom is -0.373 e. The molecule has 0 unspecified atom stereocenters. The SMILES string of the molecule is CNc1cc(C(=O)NCCCN2CCCC2)cc(Cl)n1. The number of halogens is 1. The average molecular weight is 297 g/mol. The first-order valence-corrected chi connectivity index (χ1v) is 7.43. The van der Waals surface area contributed by atoms with E-state index in [-0.39, 0.29) is 5.91 Å². The first-order valence-electron chi connectivity index (χ1n) is 7.05. The lowest BCUT2D eigenvalue weighted by Gasteiger charge is -2.14. The van der Waals surface area contributed by atoms with Crippen molar-refractivity contribution in [2.45, 2.75) is 19.3 Å². The molecule has 1 amide bonds. The number of amides is 1. The van der Waals surface area contributed by atoms with Crippen LogP contribution in [0.4, 0.5) is 5.82 Å². The van der Waals surface area contributed by atoms with Crippen LogP contribution in [0.2, 0.25) is 5.15 Å². The highest BCUT2D eigenvalue weighted by atomic mass is 35.5. The molecule has 20 heavy (non-hydrogen) atoms. The molecule has 1 fully saturated rings. The number of carbonyl (C=O) groups excluding carboxylic acids is 1. The van der Waals surface area contributed by atoms with Gasteiger partial charge in [0.25, 0.3) is 5.91 Å². The molecule has 1 aromatic heterocycles. The first-order chi connectivity index (χ1) is 9.69. The molecule has 0 aromatic carbocycles. The van der Waals surface area contributed by atoms with E-state index in [9.17, 15) is 4.79 Å². The topological polar surface area (TPSA) is 57.3 Å². The van der Waals surface area contributed by atoms with Crippen molar-refractivity contribution in [2.75, 3.05) is 38.5 Å². The molecule has 0 spiro atoms. The third-order valence-electron chi connectivity index (χ3n) is 3.45. The van der Waals surface area contributed by atoms with Gasteiger partial charge >= 0.3 is 0 Å². The molecule has 5 nitrogen and oxygen atoms in total. The predicted octanol–water partition coefficient (Wildman–Crippen LogP) is 1.99. The standard InChI is InChI=1S/C14H21ClN4O/c1-16-13-10-11(9-12(15)18-13)14(20)17-5-4-8-19-6-2-3-7-19/h9-10H,2-8H2,1H3,(H,16,18)(H,17,20). The Balaban J connectivity index is 1.77. The molecule has 1 aliphatic heterocycles. The minimum absolute atomic E-state index is 0.104. The molecule has 2 rings (SSSR count). The molecule has 0 saturated carbocycles. The monoisotopic (exact) mass is 296 g/mol. The van der Waals surface area contributed by atoms with Crippen LogP contribution in [-0.4, -0.2) is 49.0 Å². The summed E-state index contributed by atoms with van der Waals surface area (Å²) in [5, 5.41) is 6.13. The number of hydrogen-bond donors (Lipinski definition) is 2. The fraction of sp³-hybridized carbons (Fsp3) is 0.571. The summed E-state index contributed by atoms with van der Waals surface area (Å²) in [7, 11) is 1.75. The summed E-state index contributed by atoms with van der Waals surface area (Å²) in [6.45, 7) is 4.13. The van der Waals surface area contributed by atoms with Crippen LogP contribution in [0.3, 0.4) is 0 Å². The van der Waals surface area contributed by atoms with Crippen molar-refractivity contribution in [3.8, 4) is 0 Å². The van der Waals surface area contributed by atoms with Crippen LogP contribution >= 0.6 is 11.6 Å². The summed E-state index contributed by atoms with van der Waals surface area (Å²) < 4.78 is 0. The van der Waals surface area contributed by atoms with Gasteiger partial charge in [0, 0.05) is 19.2 Å². The van der Waals surface area contributed by atoms with E-state index in [1.165, 1.54) is 25.9 Å². The molecular formula is C14H21ClN4O. The molecule has 6 heteroatoms. The van der Waals surface area contributed by atoms with Crippen LogP contribution in [0.25, 0.3) is 0 Å². The second-order valence-corrected chi connectivity index (χ2v) is 5.36. The van der Waals surface area contributed by atoms with Gasteiger partial charge in [0.05, 0.1) is 0 Å². The van der Waals surface area contributed by atoms with Gasteiger partial charge in [-0.2, -0.15) is 0 Å². The third-order valence-corrected chi connectivity index (χ3v) is 3.64. The zero-order valence-corrected chi connectivity index (χ0v) is 12.5. The number of anilines is 1. The van der Waals surface area contributed by atoms with Gasteiger partial charge in [-0.15, -0.1) is 0 Å². The molecule has 1 aromatic rings. The van der Waals surface area contributed by atoms with E-state index in [0.717, 1.165) is 13.0 Å². The van der Waals surface area contributed by atoms with E-state index in [1.54, 1.807) is 19.2 Å². The van der Waals surface area contributed by atoms with Crippen LogP contribution in [0.5, 0.6) is 0 Å². The lowest BCUT2D eigenvalue weighted by atomic mass is 10.2. The van der Waals surface area contributed by atoms with E-state index in [0.29, 0.717) is 23.1 Å². The zero-order chi connectivity index (χ0) is 14.4. The van der Waals surface area contributed by atoms with E-state index in [2.05, 4.69) is 20.5 Å². The number of nitrogens with one attached hydrogen (secondary N) is 2. The zero-order valence-electron chi connectivity index (χ0n) is 11.8. The Labute approximate surface area is 124 Å². The highest BCUT2D eigenvalue weighted by Crippen LogP contribution is 2.14. The number of pyridine rings is 1. The highest BCUT2D eigenvalue weighted by Gasteiger charge is 2.11. The Hall–Kier alpha value is -1.33. The Kier molecular flexibility index (Phi) is 5.61. The van der Waals surface area contributed by atoms with Crippen molar-refractivity contribution >= 4 is 23.3 Å². The van der Waals surface area contributed by atoms with E-state index >= 15 is 0 Å². The number of aromatic nitrogens is 1. The van der Waals surface area contributed by atoms with Gasteiger partial charge in [-0.1, -0.05) is 11.6 Å². The van der Waals surface area contributed by atoms with E-state index in [1.807, 2.05) is 0 Å². The van der Waals surface area contributed by atoms with Gasteiger partial charge in [-0.05, 0) is 51.0 Å². The Bertz CT molecular complexity index is 460. The van der Waals surface area contributed by atoms with E-state index < -0.39 is 0 Å². The van der Waals surface area contributed by atoms with Crippen LogP contribution in [0.1, 0.15) is 29.6 Å². The molecule has 0 aliphatic carbocycles. The molecule has 2 heterocycles. The molecular weight excluding hydrogens is 276 g/mol. The van der Waals surface area contributed by atoms with Crippen molar-refractivity contribution in [3.63, 3.8) is 0 Å². The van der Waals surface area contributed by atoms with Gasteiger partial charge in [-0.25, -0.2) is 4.98 Å². The molecule has 110 valence electrons. The number of carbonyl (C=O) groups is 1. The molecule has 0 bridgehead atoms. The van der Waals surface area contributed by atoms with Gasteiger partial charge in [0.1, 0.15) is 11.0 Å². The fourth-order valence-corrected chi connectivity index (χ4v) is 2.58. The van der Waals surface area contributed by atoms with Crippen molar-refractivity contribution < 1.29 is 4.79 Å². The summed E-state index contributed by atoms with van der Waals surface area (Å²) in [6.07, 6.45) is 3.58. The summed E-state index contributed by atoms with van der Waals surface area (Å²) in [5.41, 5.74) is 0.538. The lowest BCUT2D eigenvalue weighted by molar-refractivity contribution is 0.0952. The molecule has 1 aliphatic rings. The van der Waals surface area contributed by atoms with E-state index in [4.69, 9.17) is 11.6 Å². The number of nitrogens with zero attached hydrogens (tertiary/aromatic N) is 2. The van der Waals surface area contributed by atoms with Crippen molar-refractivity contribution in [1.29, 1.82) is 0 Å². The fourth-order valence-electron chi connectivity index (χ4n) is 2.37. The Morgan fingerprint density at radius 2 is 2.15 bits per heavy atom. The third kappa shape index (κ3) is 4.35. The minimum atomic E-state index is -0.104. The second kappa shape index (κ2) is 7.45. The molecule has 2 N–H and O–H groups in total. The quantitative estimate of drug-likeness (QED) is 0.623.